The third-order valence-electron chi connectivity index (χ3n) is 15.1. The second-order valence-electron chi connectivity index (χ2n) is 18.7. The summed E-state index contributed by atoms with van der Waals surface area (Å²) < 4.78 is 6.52. The van der Waals surface area contributed by atoms with Crippen molar-refractivity contribution in [3.63, 3.8) is 0 Å². The number of furan rings is 1. The van der Waals surface area contributed by atoms with E-state index in [2.05, 4.69) is 237 Å². The van der Waals surface area contributed by atoms with Gasteiger partial charge in [-0.25, -0.2) is 0 Å². The van der Waals surface area contributed by atoms with Crippen LogP contribution in [0.1, 0.15) is 47.2 Å². The number of rotatable bonds is 5. The van der Waals surface area contributed by atoms with Crippen LogP contribution in [-0.2, 0) is 10.8 Å². The van der Waals surface area contributed by atoms with Gasteiger partial charge in [-0.3, -0.25) is 0 Å². The number of benzene rings is 10. The summed E-state index contributed by atoms with van der Waals surface area (Å²) >= 11 is 0. The number of nitrogens with zero attached hydrogens (tertiary/aromatic N) is 1. The third-order valence-corrected chi connectivity index (χ3v) is 15.1. The number of hydrogen-bond donors (Lipinski definition) is 0. The normalized spacial score (nSPS) is 15.6. The molecule has 310 valence electrons. The second kappa shape index (κ2) is 13.7. The summed E-state index contributed by atoms with van der Waals surface area (Å²) in [5, 5.41) is 2.27. The summed E-state index contributed by atoms with van der Waals surface area (Å²) in [6.07, 6.45) is 0. The molecule has 1 atom stereocenters. The van der Waals surface area contributed by atoms with Crippen molar-refractivity contribution in [3.05, 3.63) is 258 Å². The van der Waals surface area contributed by atoms with Gasteiger partial charge in [0.2, 0.25) is 0 Å². The third kappa shape index (κ3) is 4.96. The van der Waals surface area contributed by atoms with Crippen molar-refractivity contribution in [1.29, 1.82) is 0 Å². The van der Waals surface area contributed by atoms with Gasteiger partial charge in [-0.05, 0) is 126 Å². The number of anilines is 3. The first-order valence-electron chi connectivity index (χ1n) is 23.1. The lowest BCUT2D eigenvalue weighted by Gasteiger charge is -2.31. The van der Waals surface area contributed by atoms with Crippen LogP contribution in [-0.4, -0.2) is 0 Å². The Labute approximate surface area is 384 Å². The Morgan fingerprint density at radius 1 is 0.333 bits per heavy atom. The fourth-order valence-electron chi connectivity index (χ4n) is 12.2. The number of fused-ring (bicyclic) bond motifs is 16. The van der Waals surface area contributed by atoms with E-state index < -0.39 is 5.41 Å². The molecule has 0 aliphatic heterocycles. The first-order chi connectivity index (χ1) is 32.5. The Kier molecular flexibility index (Phi) is 7.70. The Bertz CT molecular complexity index is 3800. The smallest absolute Gasteiger partial charge is 0.143 e. The number of para-hydroxylation sites is 2. The van der Waals surface area contributed by atoms with Gasteiger partial charge in [-0.1, -0.05) is 196 Å². The molecule has 1 unspecified atom stereocenters. The Morgan fingerprint density at radius 3 is 1.68 bits per heavy atom. The molecule has 0 bridgehead atoms. The van der Waals surface area contributed by atoms with Gasteiger partial charge in [-0.15, -0.1) is 0 Å². The van der Waals surface area contributed by atoms with Crippen LogP contribution in [0, 0.1) is 0 Å². The summed E-state index contributed by atoms with van der Waals surface area (Å²) in [5.41, 5.74) is 25.1. The van der Waals surface area contributed by atoms with Crippen LogP contribution in [0.2, 0.25) is 0 Å². The maximum Gasteiger partial charge on any atom is 0.143 e. The zero-order valence-corrected chi connectivity index (χ0v) is 36.7. The maximum absolute atomic E-state index is 6.52. The Hall–Kier alpha value is -8.20. The predicted molar refractivity (Wildman–Crippen MR) is 273 cm³/mol. The zero-order chi connectivity index (χ0) is 43.7. The summed E-state index contributed by atoms with van der Waals surface area (Å²) in [6.45, 7) is 4.73. The van der Waals surface area contributed by atoms with Gasteiger partial charge >= 0.3 is 0 Å². The average molecular weight is 842 g/mol. The number of hydrogen-bond acceptors (Lipinski definition) is 2. The van der Waals surface area contributed by atoms with E-state index in [1.54, 1.807) is 0 Å². The molecule has 0 radical (unpaired) electrons. The van der Waals surface area contributed by atoms with Gasteiger partial charge in [-0.2, -0.15) is 0 Å². The van der Waals surface area contributed by atoms with Gasteiger partial charge in [0, 0.05) is 38.8 Å². The van der Waals surface area contributed by atoms with Gasteiger partial charge in [0.25, 0.3) is 0 Å². The standard InChI is InChI=1S/C64H43NO/c1-63(2)54-25-10-6-18-47(54)49-36-34-44(39-59(49)63)65(42-32-30-41(31-33-42)46-23-14-24-51-50-20-9-13-29-60(50)66-62(46)51)43-35-37-57-53(38-43)48-19-7-11-26-55(48)64(57)56-27-12-8-21-52(56)61-45(22-15-28-58(61)64)40-16-4-3-5-17-40/h3-39H,1-2H3. The Balaban J connectivity index is 0.971. The van der Waals surface area contributed by atoms with Crippen molar-refractivity contribution in [2.75, 3.05) is 4.90 Å². The van der Waals surface area contributed by atoms with Crippen LogP contribution in [0.25, 0.3) is 77.6 Å². The van der Waals surface area contributed by atoms with Crippen molar-refractivity contribution in [3.8, 4) is 55.6 Å². The molecule has 2 heteroatoms. The van der Waals surface area contributed by atoms with Crippen molar-refractivity contribution < 1.29 is 4.42 Å². The highest BCUT2D eigenvalue weighted by atomic mass is 16.3. The van der Waals surface area contributed by atoms with Gasteiger partial charge in [0.05, 0.1) is 5.41 Å². The maximum atomic E-state index is 6.52. The van der Waals surface area contributed by atoms with Crippen LogP contribution < -0.4 is 4.90 Å². The molecule has 0 amide bonds. The molecular weight excluding hydrogens is 799 g/mol. The first-order valence-corrected chi connectivity index (χ1v) is 23.1. The van der Waals surface area contributed by atoms with E-state index in [0.29, 0.717) is 0 Å². The molecule has 3 aliphatic carbocycles. The molecule has 10 aromatic carbocycles. The minimum atomic E-state index is -0.464. The molecule has 0 saturated carbocycles. The topological polar surface area (TPSA) is 16.4 Å². The predicted octanol–water partition coefficient (Wildman–Crippen LogP) is 17.0. The molecule has 1 heterocycles. The van der Waals surface area contributed by atoms with Crippen LogP contribution >= 0.6 is 0 Å². The highest BCUT2D eigenvalue weighted by Crippen LogP contribution is 2.64. The monoisotopic (exact) mass is 841 g/mol. The van der Waals surface area contributed by atoms with E-state index in [4.69, 9.17) is 4.42 Å². The highest BCUT2D eigenvalue weighted by Gasteiger charge is 2.52. The quantitative estimate of drug-likeness (QED) is 0.172. The van der Waals surface area contributed by atoms with E-state index >= 15 is 0 Å². The SMILES string of the molecule is CC1(C)c2ccccc2-c2ccc(N(c3ccc(-c4cccc5c4oc4ccccc45)cc3)c3ccc4c(c3)-c3ccccc3C43c4ccccc4-c4c(-c5ccccc5)cccc43)cc21. The fourth-order valence-corrected chi connectivity index (χ4v) is 12.2. The Morgan fingerprint density at radius 2 is 0.864 bits per heavy atom. The summed E-state index contributed by atoms with van der Waals surface area (Å²) in [4.78, 5) is 2.46. The lowest BCUT2D eigenvalue weighted by molar-refractivity contribution is 0.660. The molecule has 14 rings (SSSR count). The molecule has 2 nitrogen and oxygen atoms in total. The van der Waals surface area contributed by atoms with Crippen LogP contribution in [0.3, 0.4) is 0 Å². The summed E-state index contributed by atoms with van der Waals surface area (Å²) in [7, 11) is 0. The van der Waals surface area contributed by atoms with Crippen molar-refractivity contribution >= 4 is 39.0 Å². The zero-order valence-electron chi connectivity index (χ0n) is 36.7. The molecule has 0 N–H and O–H groups in total. The van der Waals surface area contributed by atoms with Crippen molar-refractivity contribution in [2.45, 2.75) is 24.7 Å². The van der Waals surface area contributed by atoms with E-state index in [1.807, 2.05) is 6.07 Å². The van der Waals surface area contributed by atoms with Gasteiger partial charge in [0.15, 0.2) is 0 Å². The highest BCUT2D eigenvalue weighted by molar-refractivity contribution is 6.09. The summed E-state index contributed by atoms with van der Waals surface area (Å²) in [5.74, 6) is 0. The van der Waals surface area contributed by atoms with Crippen LogP contribution in [0.15, 0.2) is 229 Å². The molecule has 11 aromatic rings. The molecule has 3 aliphatic rings. The van der Waals surface area contributed by atoms with Crippen LogP contribution in [0.5, 0.6) is 0 Å². The van der Waals surface area contributed by atoms with E-state index in [9.17, 15) is 0 Å². The molecule has 0 saturated heterocycles. The molecule has 1 spiro atoms. The second-order valence-corrected chi connectivity index (χ2v) is 18.7. The van der Waals surface area contributed by atoms with Gasteiger partial charge < -0.3 is 9.32 Å². The molecule has 0 fully saturated rings. The van der Waals surface area contributed by atoms with Crippen molar-refractivity contribution in [1.82, 2.24) is 0 Å². The van der Waals surface area contributed by atoms with Gasteiger partial charge in [0.1, 0.15) is 11.2 Å². The summed E-state index contributed by atoms with van der Waals surface area (Å²) in [6, 6.07) is 83.2. The average Bonchev–Trinajstić information content (AvgIpc) is 4.07. The fraction of sp³-hybridized carbons (Fsp3) is 0.0625. The molecular formula is C64H43NO. The van der Waals surface area contributed by atoms with Crippen molar-refractivity contribution in [2.24, 2.45) is 0 Å². The van der Waals surface area contributed by atoms with E-state index in [0.717, 1.165) is 50.1 Å². The minimum Gasteiger partial charge on any atom is -0.455 e. The first kappa shape index (κ1) is 37.2. The minimum absolute atomic E-state index is 0.145. The largest absolute Gasteiger partial charge is 0.455 e. The lowest BCUT2D eigenvalue weighted by Crippen LogP contribution is -2.25. The van der Waals surface area contributed by atoms with E-state index in [1.165, 1.54) is 77.9 Å². The lowest BCUT2D eigenvalue weighted by atomic mass is 9.70. The van der Waals surface area contributed by atoms with E-state index in [-0.39, 0.29) is 5.41 Å². The molecule has 66 heavy (non-hydrogen) atoms. The van der Waals surface area contributed by atoms with Crippen LogP contribution in [0.4, 0.5) is 17.1 Å². The molecule has 1 aromatic heterocycles.